The summed E-state index contributed by atoms with van der Waals surface area (Å²) >= 11 is 0. The Bertz CT molecular complexity index is 660. The summed E-state index contributed by atoms with van der Waals surface area (Å²) in [6.07, 6.45) is -0.493. The standard InChI is InChI=1S/C12H13N3O4.ClH/c16-11(10-6-13-3-4-18-10)14-7-1-2-9-8(5-7)15-12(17)19-9;/h1-2,5,10,13H,3-4,6H2,(H,14,16)(H,15,17);1H. The summed E-state index contributed by atoms with van der Waals surface area (Å²) in [5.41, 5.74) is 1.59. The molecule has 1 aromatic heterocycles. The van der Waals surface area contributed by atoms with Gasteiger partial charge in [-0.1, -0.05) is 0 Å². The van der Waals surface area contributed by atoms with Gasteiger partial charge >= 0.3 is 5.76 Å². The Morgan fingerprint density at radius 2 is 2.25 bits per heavy atom. The predicted molar refractivity (Wildman–Crippen MR) is 75.3 cm³/mol. The van der Waals surface area contributed by atoms with Gasteiger partial charge in [0.25, 0.3) is 5.91 Å². The number of morpholine rings is 1. The second-order valence-corrected chi connectivity index (χ2v) is 4.28. The molecular formula is C12H14ClN3O4. The van der Waals surface area contributed by atoms with Crippen LogP contribution in [0.2, 0.25) is 0 Å². The quantitative estimate of drug-likeness (QED) is 0.749. The maximum atomic E-state index is 11.9. The third-order valence-corrected chi connectivity index (χ3v) is 2.91. The molecule has 108 valence electrons. The van der Waals surface area contributed by atoms with Gasteiger partial charge in [0.15, 0.2) is 5.58 Å². The SMILES string of the molecule is Cl.O=C(Nc1ccc2oc(=O)[nH]c2c1)C1CNCCO1. The molecule has 1 aromatic carbocycles. The highest BCUT2D eigenvalue weighted by Crippen LogP contribution is 2.16. The van der Waals surface area contributed by atoms with Gasteiger partial charge in [0.1, 0.15) is 6.10 Å². The first kappa shape index (κ1) is 14.6. The lowest BCUT2D eigenvalue weighted by atomic mass is 10.2. The number of rotatable bonds is 2. The van der Waals surface area contributed by atoms with Gasteiger partial charge < -0.3 is 19.8 Å². The van der Waals surface area contributed by atoms with Gasteiger partial charge in [-0.2, -0.15) is 0 Å². The van der Waals surface area contributed by atoms with Crippen LogP contribution in [-0.2, 0) is 9.53 Å². The summed E-state index contributed by atoms with van der Waals surface area (Å²) in [5.74, 6) is -0.726. The van der Waals surface area contributed by atoms with Gasteiger partial charge in [-0.25, -0.2) is 4.79 Å². The lowest BCUT2D eigenvalue weighted by Crippen LogP contribution is -2.45. The van der Waals surface area contributed by atoms with E-state index < -0.39 is 11.9 Å². The van der Waals surface area contributed by atoms with Crippen molar-refractivity contribution in [2.45, 2.75) is 6.10 Å². The maximum Gasteiger partial charge on any atom is 0.417 e. The molecule has 7 nitrogen and oxygen atoms in total. The van der Waals surface area contributed by atoms with Crippen molar-refractivity contribution in [2.75, 3.05) is 25.0 Å². The summed E-state index contributed by atoms with van der Waals surface area (Å²) in [6, 6.07) is 4.95. The second-order valence-electron chi connectivity index (χ2n) is 4.28. The average Bonchev–Trinajstić information content (AvgIpc) is 2.79. The zero-order valence-electron chi connectivity index (χ0n) is 10.5. The minimum absolute atomic E-state index is 0. The number of fused-ring (bicyclic) bond motifs is 1. The molecule has 1 aliphatic rings. The summed E-state index contributed by atoms with van der Waals surface area (Å²) in [5, 5.41) is 5.83. The first-order chi connectivity index (χ1) is 9.22. The second kappa shape index (κ2) is 6.08. The molecule has 1 aliphatic heterocycles. The van der Waals surface area contributed by atoms with Gasteiger partial charge in [-0.05, 0) is 18.2 Å². The fraction of sp³-hybridized carbons (Fsp3) is 0.333. The zero-order valence-corrected chi connectivity index (χ0v) is 11.3. The number of carbonyl (C=O) groups excluding carboxylic acids is 1. The van der Waals surface area contributed by atoms with Gasteiger partial charge in [-0.15, -0.1) is 12.4 Å². The minimum atomic E-state index is -0.515. The first-order valence-corrected chi connectivity index (χ1v) is 5.98. The van der Waals surface area contributed by atoms with Crippen LogP contribution in [0.3, 0.4) is 0 Å². The molecule has 1 unspecified atom stereocenters. The van der Waals surface area contributed by atoms with Gasteiger partial charge in [0, 0.05) is 18.8 Å². The number of hydrogen-bond acceptors (Lipinski definition) is 5. The van der Waals surface area contributed by atoms with E-state index in [2.05, 4.69) is 15.6 Å². The normalized spacial score (nSPS) is 18.5. The number of halogens is 1. The van der Waals surface area contributed by atoms with Crippen LogP contribution in [0.1, 0.15) is 0 Å². The van der Waals surface area contributed by atoms with Crippen LogP contribution in [0.15, 0.2) is 27.4 Å². The van der Waals surface area contributed by atoms with Crippen molar-refractivity contribution in [1.29, 1.82) is 0 Å². The Kier molecular flexibility index (Phi) is 4.43. The van der Waals surface area contributed by atoms with E-state index in [0.29, 0.717) is 29.9 Å². The highest BCUT2D eigenvalue weighted by molar-refractivity contribution is 5.95. The highest BCUT2D eigenvalue weighted by atomic mass is 35.5. The molecule has 0 saturated carbocycles. The number of carbonyl (C=O) groups is 1. The molecule has 2 heterocycles. The molecule has 0 bridgehead atoms. The Hall–Kier alpha value is -1.83. The number of benzene rings is 1. The minimum Gasteiger partial charge on any atom is -0.408 e. The van der Waals surface area contributed by atoms with E-state index in [4.69, 9.17) is 9.15 Å². The van der Waals surface area contributed by atoms with Gasteiger partial charge in [0.2, 0.25) is 0 Å². The largest absolute Gasteiger partial charge is 0.417 e. The Morgan fingerprint density at radius 1 is 1.40 bits per heavy atom. The van der Waals surface area contributed by atoms with Crippen molar-refractivity contribution < 1.29 is 13.9 Å². The number of H-pyrrole nitrogens is 1. The van der Waals surface area contributed by atoms with Crippen LogP contribution >= 0.6 is 12.4 Å². The number of nitrogens with one attached hydrogen (secondary N) is 3. The van der Waals surface area contributed by atoms with Crippen molar-refractivity contribution in [3.8, 4) is 0 Å². The third-order valence-electron chi connectivity index (χ3n) is 2.91. The van der Waals surface area contributed by atoms with Crippen LogP contribution in [0, 0.1) is 0 Å². The maximum absolute atomic E-state index is 11.9. The zero-order chi connectivity index (χ0) is 13.2. The summed E-state index contributed by atoms with van der Waals surface area (Å²) in [6.45, 7) is 1.77. The smallest absolute Gasteiger partial charge is 0.408 e. The molecular weight excluding hydrogens is 286 g/mol. The molecule has 2 aromatic rings. The number of hydrogen-bond donors (Lipinski definition) is 3. The number of aromatic amines is 1. The Labute approximate surface area is 120 Å². The van der Waals surface area contributed by atoms with E-state index in [1.807, 2.05) is 0 Å². The van der Waals surface area contributed by atoms with Crippen molar-refractivity contribution in [3.05, 3.63) is 28.7 Å². The van der Waals surface area contributed by atoms with E-state index in [0.717, 1.165) is 6.54 Å². The molecule has 1 atom stereocenters. The van der Waals surface area contributed by atoms with Crippen LogP contribution < -0.4 is 16.4 Å². The molecule has 0 spiro atoms. The van der Waals surface area contributed by atoms with E-state index >= 15 is 0 Å². The predicted octanol–water partition coefficient (Wildman–Crippen LogP) is 0.470. The summed E-state index contributed by atoms with van der Waals surface area (Å²) < 4.78 is 10.2. The van der Waals surface area contributed by atoms with Crippen molar-refractivity contribution in [1.82, 2.24) is 10.3 Å². The Morgan fingerprint density at radius 3 is 3.00 bits per heavy atom. The first-order valence-electron chi connectivity index (χ1n) is 5.98. The van der Waals surface area contributed by atoms with E-state index in [9.17, 15) is 9.59 Å². The van der Waals surface area contributed by atoms with Crippen LogP contribution in [0.5, 0.6) is 0 Å². The molecule has 0 aliphatic carbocycles. The van der Waals surface area contributed by atoms with E-state index in [1.165, 1.54) is 0 Å². The fourth-order valence-corrected chi connectivity index (χ4v) is 1.99. The molecule has 1 amide bonds. The highest BCUT2D eigenvalue weighted by Gasteiger charge is 2.21. The van der Waals surface area contributed by atoms with Crippen LogP contribution in [0.4, 0.5) is 5.69 Å². The molecule has 20 heavy (non-hydrogen) atoms. The van der Waals surface area contributed by atoms with Crippen LogP contribution in [0.25, 0.3) is 11.1 Å². The lowest BCUT2D eigenvalue weighted by molar-refractivity contribution is -0.128. The van der Waals surface area contributed by atoms with Crippen molar-refractivity contribution >= 4 is 35.1 Å². The number of aromatic nitrogens is 1. The topological polar surface area (TPSA) is 96.4 Å². The number of ether oxygens (including phenoxy) is 1. The molecule has 0 radical (unpaired) electrons. The number of amides is 1. The molecule has 8 heteroatoms. The average molecular weight is 300 g/mol. The van der Waals surface area contributed by atoms with Crippen molar-refractivity contribution in [2.24, 2.45) is 0 Å². The Balaban J connectivity index is 0.00000147. The molecule has 1 fully saturated rings. The molecule has 1 saturated heterocycles. The lowest BCUT2D eigenvalue weighted by Gasteiger charge is -2.22. The summed E-state index contributed by atoms with van der Waals surface area (Å²) in [7, 11) is 0. The van der Waals surface area contributed by atoms with Gasteiger partial charge in [0.05, 0.1) is 12.1 Å². The van der Waals surface area contributed by atoms with E-state index in [1.54, 1.807) is 18.2 Å². The van der Waals surface area contributed by atoms with Crippen LogP contribution in [-0.4, -0.2) is 36.7 Å². The molecule has 3 N–H and O–H groups in total. The monoisotopic (exact) mass is 299 g/mol. The number of oxazole rings is 1. The fourth-order valence-electron chi connectivity index (χ4n) is 1.99. The van der Waals surface area contributed by atoms with Crippen molar-refractivity contribution in [3.63, 3.8) is 0 Å². The van der Waals surface area contributed by atoms with Gasteiger partial charge in [-0.3, -0.25) is 9.78 Å². The number of anilines is 1. The molecule has 3 rings (SSSR count). The summed E-state index contributed by atoms with van der Waals surface area (Å²) in [4.78, 5) is 25.5. The third kappa shape index (κ3) is 3.01. The van der Waals surface area contributed by atoms with E-state index in [-0.39, 0.29) is 18.3 Å².